The van der Waals surface area contributed by atoms with Crippen molar-refractivity contribution < 1.29 is 23.1 Å². The van der Waals surface area contributed by atoms with Crippen molar-refractivity contribution in [3.8, 4) is 11.5 Å². The van der Waals surface area contributed by atoms with Gasteiger partial charge in [-0.25, -0.2) is 4.39 Å². The van der Waals surface area contributed by atoms with E-state index in [-0.39, 0.29) is 24.5 Å². The number of hydrogen-bond acceptors (Lipinski definition) is 7. The number of halogens is 1. The highest BCUT2D eigenvalue weighted by Crippen LogP contribution is 2.30. The van der Waals surface area contributed by atoms with Crippen LogP contribution in [0.15, 0.2) is 40.8 Å². The summed E-state index contributed by atoms with van der Waals surface area (Å²) in [7, 11) is 1.58. The number of amides is 1. The number of hydrogen-bond donors (Lipinski definition) is 2. The number of carbonyl (C=O) groups is 1. The lowest BCUT2D eigenvalue weighted by Crippen LogP contribution is -2.38. The van der Waals surface area contributed by atoms with Gasteiger partial charge >= 0.3 is 0 Å². The largest absolute Gasteiger partial charge is 0.493 e. The van der Waals surface area contributed by atoms with Crippen LogP contribution in [-0.4, -0.2) is 55.3 Å². The molecule has 0 bridgehead atoms. The molecule has 2 fully saturated rings. The van der Waals surface area contributed by atoms with Crippen LogP contribution >= 0.6 is 0 Å². The van der Waals surface area contributed by atoms with Crippen LogP contribution in [0.5, 0.6) is 11.5 Å². The number of rotatable bonds is 10. The first-order valence-electron chi connectivity index (χ1n) is 12.7. The van der Waals surface area contributed by atoms with Crippen molar-refractivity contribution in [2.45, 2.75) is 44.7 Å². The SMILES string of the molecule is COc1ccc(CN2CCC(Nc3nc4cc(NC(=O)C5CCC5)ccc4o3)CC2)cc1OCCF. The number of fused-ring (bicyclic) bond motifs is 1. The third-order valence-corrected chi connectivity index (χ3v) is 7.02. The predicted molar refractivity (Wildman–Crippen MR) is 136 cm³/mol. The molecule has 1 saturated carbocycles. The number of oxazole rings is 1. The second-order valence-electron chi connectivity index (χ2n) is 9.54. The average Bonchev–Trinajstić information content (AvgIpc) is 3.24. The first kappa shape index (κ1) is 24.4. The molecule has 3 aromatic rings. The van der Waals surface area contributed by atoms with E-state index < -0.39 is 6.67 Å². The van der Waals surface area contributed by atoms with Crippen LogP contribution in [0.1, 0.15) is 37.7 Å². The van der Waals surface area contributed by atoms with E-state index >= 15 is 0 Å². The number of piperidine rings is 1. The minimum absolute atomic E-state index is 0.0170. The second kappa shape index (κ2) is 11.2. The topological polar surface area (TPSA) is 88.9 Å². The number of methoxy groups -OCH3 is 1. The molecule has 36 heavy (non-hydrogen) atoms. The van der Waals surface area contributed by atoms with Crippen LogP contribution in [0.3, 0.4) is 0 Å². The van der Waals surface area contributed by atoms with Crippen molar-refractivity contribution in [2.24, 2.45) is 5.92 Å². The first-order chi connectivity index (χ1) is 17.6. The number of benzene rings is 2. The van der Waals surface area contributed by atoms with E-state index in [1.165, 1.54) is 0 Å². The zero-order valence-corrected chi connectivity index (χ0v) is 20.6. The zero-order valence-electron chi connectivity index (χ0n) is 20.6. The molecular weight excluding hydrogens is 463 g/mol. The zero-order chi connectivity index (χ0) is 24.9. The highest BCUT2D eigenvalue weighted by Gasteiger charge is 2.25. The molecule has 1 saturated heterocycles. The average molecular weight is 497 g/mol. The smallest absolute Gasteiger partial charge is 0.295 e. The van der Waals surface area contributed by atoms with Crippen molar-refractivity contribution >= 4 is 28.7 Å². The molecule has 1 aliphatic carbocycles. The van der Waals surface area contributed by atoms with Gasteiger partial charge in [-0.1, -0.05) is 12.5 Å². The van der Waals surface area contributed by atoms with Crippen LogP contribution < -0.4 is 20.1 Å². The maximum absolute atomic E-state index is 12.5. The van der Waals surface area contributed by atoms with E-state index in [0.717, 1.165) is 68.5 Å². The van der Waals surface area contributed by atoms with Crippen LogP contribution in [0, 0.1) is 5.92 Å². The Morgan fingerprint density at radius 1 is 1.14 bits per heavy atom. The minimum Gasteiger partial charge on any atom is -0.493 e. The van der Waals surface area contributed by atoms with Crippen molar-refractivity contribution in [3.63, 3.8) is 0 Å². The highest BCUT2D eigenvalue weighted by atomic mass is 19.1. The maximum Gasteiger partial charge on any atom is 0.295 e. The molecule has 2 aromatic carbocycles. The lowest BCUT2D eigenvalue weighted by molar-refractivity contribution is -0.122. The minimum atomic E-state index is -0.536. The van der Waals surface area contributed by atoms with Crippen LogP contribution in [-0.2, 0) is 11.3 Å². The van der Waals surface area contributed by atoms with Crippen molar-refractivity contribution in [3.05, 3.63) is 42.0 Å². The number of aromatic nitrogens is 1. The van der Waals surface area contributed by atoms with Gasteiger partial charge in [-0.3, -0.25) is 9.69 Å². The molecule has 0 atom stereocenters. The van der Waals surface area contributed by atoms with Gasteiger partial charge in [0.15, 0.2) is 17.1 Å². The van der Waals surface area contributed by atoms with E-state index in [4.69, 9.17) is 13.9 Å². The Morgan fingerprint density at radius 2 is 1.97 bits per heavy atom. The van der Waals surface area contributed by atoms with Gasteiger partial charge in [-0.05, 0) is 61.6 Å². The summed E-state index contributed by atoms with van der Waals surface area (Å²) in [4.78, 5) is 19.2. The number of anilines is 2. The summed E-state index contributed by atoms with van der Waals surface area (Å²) >= 11 is 0. The van der Waals surface area contributed by atoms with Gasteiger partial charge in [-0.15, -0.1) is 0 Å². The number of likely N-dealkylation sites (tertiary alicyclic amines) is 1. The summed E-state index contributed by atoms with van der Waals surface area (Å²) in [5.74, 6) is 1.42. The summed E-state index contributed by atoms with van der Waals surface area (Å²) in [6, 6.07) is 12.2. The van der Waals surface area contributed by atoms with E-state index in [9.17, 15) is 9.18 Å². The van der Waals surface area contributed by atoms with Crippen LogP contribution in [0.2, 0.25) is 0 Å². The van der Waals surface area contributed by atoms with Gasteiger partial charge in [0, 0.05) is 37.3 Å². The van der Waals surface area contributed by atoms with Gasteiger partial charge in [-0.2, -0.15) is 4.98 Å². The number of nitrogens with zero attached hydrogens (tertiary/aromatic N) is 2. The number of nitrogens with one attached hydrogen (secondary N) is 2. The van der Waals surface area contributed by atoms with Gasteiger partial charge < -0.3 is 24.5 Å². The van der Waals surface area contributed by atoms with Gasteiger partial charge in [0.2, 0.25) is 5.91 Å². The molecule has 9 heteroatoms. The predicted octanol–water partition coefficient (Wildman–Crippen LogP) is 5.00. The number of carbonyl (C=O) groups excluding carboxylic acids is 1. The standard InChI is InChI=1S/C27H33FN4O4/c1-34-24-7-5-18(15-25(24)35-14-11-28)17-32-12-9-20(10-13-32)30-27-31-22-16-21(6-8-23(22)36-27)29-26(33)19-3-2-4-19/h5-8,15-16,19-20H,2-4,9-14,17H2,1H3,(H,29,33)(H,30,31). The van der Waals surface area contributed by atoms with Gasteiger partial charge in [0.1, 0.15) is 18.8 Å². The van der Waals surface area contributed by atoms with Crippen molar-refractivity contribution in [1.82, 2.24) is 9.88 Å². The molecule has 0 radical (unpaired) electrons. The van der Waals surface area contributed by atoms with Crippen molar-refractivity contribution in [2.75, 3.05) is 44.1 Å². The molecule has 2 aliphatic rings. The number of ether oxygens (including phenoxy) is 2. The van der Waals surface area contributed by atoms with Crippen LogP contribution in [0.4, 0.5) is 16.1 Å². The molecule has 0 unspecified atom stereocenters. The van der Waals surface area contributed by atoms with Gasteiger partial charge in [0.25, 0.3) is 6.01 Å². The Kier molecular flexibility index (Phi) is 7.55. The molecule has 1 amide bonds. The molecule has 1 aromatic heterocycles. The van der Waals surface area contributed by atoms with Gasteiger partial charge in [0.05, 0.1) is 7.11 Å². The molecule has 0 spiro atoms. The molecule has 1 aliphatic heterocycles. The molecule has 8 nitrogen and oxygen atoms in total. The Bertz CT molecular complexity index is 1190. The molecule has 5 rings (SSSR count). The van der Waals surface area contributed by atoms with E-state index in [2.05, 4.69) is 20.5 Å². The van der Waals surface area contributed by atoms with Crippen LogP contribution in [0.25, 0.3) is 11.1 Å². The Labute approximate surface area is 210 Å². The highest BCUT2D eigenvalue weighted by molar-refractivity contribution is 5.94. The first-order valence-corrected chi connectivity index (χ1v) is 12.7. The fraction of sp³-hybridized carbons (Fsp3) is 0.481. The molecule has 2 heterocycles. The summed E-state index contributed by atoms with van der Waals surface area (Å²) in [5.41, 5.74) is 3.29. The third kappa shape index (κ3) is 5.73. The quantitative estimate of drug-likeness (QED) is 0.408. The fourth-order valence-electron chi connectivity index (χ4n) is 4.73. The normalized spacial score (nSPS) is 17.1. The Balaban J connectivity index is 1.13. The molecular formula is C27H33FN4O4. The summed E-state index contributed by atoms with van der Waals surface area (Å²) < 4.78 is 29.2. The van der Waals surface area contributed by atoms with E-state index in [0.29, 0.717) is 23.1 Å². The third-order valence-electron chi connectivity index (χ3n) is 7.02. The molecule has 192 valence electrons. The Hall–Kier alpha value is -3.33. The lowest BCUT2D eigenvalue weighted by atomic mass is 9.85. The molecule has 2 N–H and O–H groups in total. The lowest BCUT2D eigenvalue weighted by Gasteiger charge is -2.32. The van der Waals surface area contributed by atoms with E-state index in [1.54, 1.807) is 7.11 Å². The van der Waals surface area contributed by atoms with E-state index in [1.807, 2.05) is 36.4 Å². The maximum atomic E-state index is 12.5. The summed E-state index contributed by atoms with van der Waals surface area (Å²) in [6.45, 7) is 2.14. The van der Waals surface area contributed by atoms with Crippen molar-refractivity contribution in [1.29, 1.82) is 0 Å². The summed E-state index contributed by atoms with van der Waals surface area (Å²) in [5, 5.41) is 6.43. The fourth-order valence-corrected chi connectivity index (χ4v) is 4.73. The Morgan fingerprint density at radius 3 is 2.69 bits per heavy atom. The second-order valence-corrected chi connectivity index (χ2v) is 9.54. The number of alkyl halides is 1. The monoisotopic (exact) mass is 496 g/mol. The summed E-state index contributed by atoms with van der Waals surface area (Å²) in [6.07, 6.45) is 5.00.